The van der Waals surface area contributed by atoms with Gasteiger partial charge < -0.3 is 20.2 Å². The van der Waals surface area contributed by atoms with Gasteiger partial charge in [0.1, 0.15) is 11.3 Å². The maximum atomic E-state index is 11.9. The zero-order valence-electron chi connectivity index (χ0n) is 10.7. The predicted molar refractivity (Wildman–Crippen MR) is 67.4 cm³/mol. The number of ether oxygens (including phenoxy) is 2. The molecule has 0 bridgehead atoms. The molecule has 1 aliphatic heterocycles. The van der Waals surface area contributed by atoms with E-state index in [0.717, 1.165) is 6.42 Å². The zero-order chi connectivity index (χ0) is 13.7. The van der Waals surface area contributed by atoms with Gasteiger partial charge in [-0.3, -0.25) is 4.79 Å². The Kier molecular flexibility index (Phi) is 4.25. The van der Waals surface area contributed by atoms with E-state index in [2.05, 4.69) is 20.7 Å². The van der Waals surface area contributed by atoms with E-state index in [9.17, 15) is 4.79 Å². The third kappa shape index (κ3) is 3.16. The standard InChI is InChI=1S/C11H17N5O3/c1-18-11(2-3-19-7-11)6-15-10(17)8-4-14-9(16-12)5-13-8/h4-5H,2-3,6-7,12H2,1H3,(H,14,16)(H,15,17). The molecule has 19 heavy (non-hydrogen) atoms. The molecule has 8 heteroatoms. The molecule has 2 rings (SSSR count). The minimum absolute atomic E-state index is 0.226. The number of nitrogens with two attached hydrogens (primary N) is 1. The fraction of sp³-hybridized carbons (Fsp3) is 0.545. The minimum Gasteiger partial charge on any atom is -0.378 e. The highest BCUT2D eigenvalue weighted by Crippen LogP contribution is 2.21. The van der Waals surface area contributed by atoms with Crippen LogP contribution in [0, 0.1) is 0 Å². The second-order valence-corrected chi connectivity index (χ2v) is 4.30. The summed E-state index contributed by atoms with van der Waals surface area (Å²) in [6.07, 6.45) is 3.50. The van der Waals surface area contributed by atoms with E-state index in [1.807, 2.05) is 0 Å². The number of hydrogen-bond donors (Lipinski definition) is 3. The predicted octanol–water partition coefficient (Wildman–Crippen LogP) is -0.702. The quantitative estimate of drug-likeness (QED) is 0.477. The fourth-order valence-electron chi connectivity index (χ4n) is 1.81. The molecule has 1 aliphatic rings. The summed E-state index contributed by atoms with van der Waals surface area (Å²) in [7, 11) is 1.61. The number of aromatic nitrogens is 2. The fourth-order valence-corrected chi connectivity index (χ4v) is 1.81. The molecule has 0 aromatic carbocycles. The first-order valence-corrected chi connectivity index (χ1v) is 5.89. The number of methoxy groups -OCH3 is 1. The SMILES string of the molecule is COC1(CNC(=O)c2cnc(NN)cn2)CCOC1. The summed E-state index contributed by atoms with van der Waals surface area (Å²) in [4.78, 5) is 19.8. The van der Waals surface area contributed by atoms with E-state index in [0.29, 0.717) is 25.6 Å². The summed E-state index contributed by atoms with van der Waals surface area (Å²) in [5.41, 5.74) is 2.13. The Bertz CT molecular complexity index is 430. The van der Waals surface area contributed by atoms with E-state index < -0.39 is 5.60 Å². The van der Waals surface area contributed by atoms with Crippen LogP contribution in [-0.2, 0) is 9.47 Å². The van der Waals surface area contributed by atoms with Gasteiger partial charge in [-0.05, 0) is 0 Å². The Hall–Kier alpha value is -1.77. The molecule has 0 saturated carbocycles. The topological polar surface area (TPSA) is 111 Å². The van der Waals surface area contributed by atoms with E-state index in [4.69, 9.17) is 15.3 Å². The molecule has 2 heterocycles. The molecule has 104 valence electrons. The van der Waals surface area contributed by atoms with Crippen molar-refractivity contribution < 1.29 is 14.3 Å². The van der Waals surface area contributed by atoms with Crippen LogP contribution in [0.4, 0.5) is 5.82 Å². The summed E-state index contributed by atoms with van der Waals surface area (Å²) >= 11 is 0. The summed E-state index contributed by atoms with van der Waals surface area (Å²) in [6, 6.07) is 0. The zero-order valence-corrected chi connectivity index (χ0v) is 10.7. The van der Waals surface area contributed by atoms with Crippen LogP contribution in [0.5, 0.6) is 0 Å². The highest BCUT2D eigenvalue weighted by Gasteiger charge is 2.35. The molecule has 1 amide bonds. The first kappa shape index (κ1) is 13.7. The molecule has 4 N–H and O–H groups in total. The number of carbonyl (C=O) groups excluding carboxylic acids is 1. The maximum Gasteiger partial charge on any atom is 0.271 e. The van der Waals surface area contributed by atoms with Crippen molar-refractivity contribution in [2.75, 3.05) is 32.3 Å². The lowest BCUT2D eigenvalue weighted by molar-refractivity contribution is -0.0149. The van der Waals surface area contributed by atoms with E-state index >= 15 is 0 Å². The number of nitrogens with zero attached hydrogens (tertiary/aromatic N) is 2. The Morgan fingerprint density at radius 2 is 2.42 bits per heavy atom. The highest BCUT2D eigenvalue weighted by molar-refractivity contribution is 5.92. The van der Waals surface area contributed by atoms with Crippen molar-refractivity contribution in [3.05, 3.63) is 18.1 Å². The summed E-state index contributed by atoms with van der Waals surface area (Å²) in [5.74, 6) is 5.26. The summed E-state index contributed by atoms with van der Waals surface area (Å²) in [6.45, 7) is 1.49. The van der Waals surface area contributed by atoms with Gasteiger partial charge in [0.15, 0.2) is 5.82 Å². The van der Waals surface area contributed by atoms with E-state index in [1.54, 1.807) is 7.11 Å². The Balaban J connectivity index is 1.93. The first-order valence-electron chi connectivity index (χ1n) is 5.89. The molecule has 0 spiro atoms. The number of hydrogen-bond acceptors (Lipinski definition) is 7. The number of rotatable bonds is 5. The van der Waals surface area contributed by atoms with Gasteiger partial charge in [-0.1, -0.05) is 0 Å². The molecule has 1 aromatic rings. The molecular weight excluding hydrogens is 250 g/mol. The van der Waals surface area contributed by atoms with Crippen LogP contribution in [0.15, 0.2) is 12.4 Å². The molecule has 1 atom stereocenters. The second-order valence-electron chi connectivity index (χ2n) is 4.30. The van der Waals surface area contributed by atoms with Crippen LogP contribution in [0.1, 0.15) is 16.9 Å². The van der Waals surface area contributed by atoms with Gasteiger partial charge >= 0.3 is 0 Å². The smallest absolute Gasteiger partial charge is 0.271 e. The summed E-state index contributed by atoms with van der Waals surface area (Å²) in [5, 5.41) is 2.77. The van der Waals surface area contributed by atoms with Crippen molar-refractivity contribution in [2.45, 2.75) is 12.0 Å². The minimum atomic E-state index is -0.443. The number of hydrazine groups is 1. The Labute approximate surface area is 110 Å². The molecule has 0 aliphatic carbocycles. The van der Waals surface area contributed by atoms with Crippen LogP contribution in [-0.4, -0.2) is 48.3 Å². The van der Waals surface area contributed by atoms with Crippen LogP contribution in [0.2, 0.25) is 0 Å². The van der Waals surface area contributed by atoms with Crippen molar-refractivity contribution in [3.63, 3.8) is 0 Å². The Morgan fingerprint density at radius 3 is 2.95 bits per heavy atom. The second kappa shape index (κ2) is 5.91. The van der Waals surface area contributed by atoms with Crippen LogP contribution in [0.25, 0.3) is 0 Å². The molecule has 0 radical (unpaired) electrons. The largest absolute Gasteiger partial charge is 0.378 e. The maximum absolute atomic E-state index is 11.9. The number of carbonyl (C=O) groups is 1. The lowest BCUT2D eigenvalue weighted by Gasteiger charge is -2.25. The Morgan fingerprint density at radius 1 is 1.58 bits per heavy atom. The molecule has 1 aromatic heterocycles. The molecule has 1 saturated heterocycles. The number of anilines is 1. The van der Waals surface area contributed by atoms with Crippen LogP contribution >= 0.6 is 0 Å². The normalized spacial score (nSPS) is 22.2. The van der Waals surface area contributed by atoms with Gasteiger partial charge in [-0.25, -0.2) is 15.8 Å². The molecular formula is C11H17N5O3. The van der Waals surface area contributed by atoms with E-state index in [1.165, 1.54) is 12.4 Å². The molecule has 1 fully saturated rings. The monoisotopic (exact) mass is 267 g/mol. The average molecular weight is 267 g/mol. The van der Waals surface area contributed by atoms with Gasteiger partial charge in [0.25, 0.3) is 5.91 Å². The van der Waals surface area contributed by atoms with Crippen molar-refractivity contribution in [2.24, 2.45) is 5.84 Å². The number of nitrogens with one attached hydrogen (secondary N) is 2. The van der Waals surface area contributed by atoms with Crippen LogP contribution < -0.4 is 16.6 Å². The third-order valence-corrected chi connectivity index (χ3v) is 3.10. The molecule has 1 unspecified atom stereocenters. The van der Waals surface area contributed by atoms with Crippen LogP contribution in [0.3, 0.4) is 0 Å². The number of nitrogen functional groups attached to an aromatic ring is 1. The van der Waals surface area contributed by atoms with Crippen molar-refractivity contribution in [1.29, 1.82) is 0 Å². The average Bonchev–Trinajstić information content (AvgIpc) is 2.94. The van der Waals surface area contributed by atoms with Gasteiger partial charge in [-0.2, -0.15) is 0 Å². The first-order chi connectivity index (χ1) is 9.19. The van der Waals surface area contributed by atoms with Crippen molar-refractivity contribution >= 4 is 11.7 Å². The van der Waals surface area contributed by atoms with Crippen molar-refractivity contribution in [1.82, 2.24) is 15.3 Å². The van der Waals surface area contributed by atoms with Crippen molar-refractivity contribution in [3.8, 4) is 0 Å². The van der Waals surface area contributed by atoms with E-state index in [-0.39, 0.29) is 11.6 Å². The lowest BCUT2D eigenvalue weighted by Crippen LogP contribution is -2.45. The van der Waals surface area contributed by atoms with Gasteiger partial charge in [-0.15, -0.1) is 0 Å². The summed E-state index contributed by atoms with van der Waals surface area (Å²) < 4.78 is 10.7. The van der Waals surface area contributed by atoms with Gasteiger partial charge in [0, 0.05) is 26.7 Å². The lowest BCUT2D eigenvalue weighted by atomic mass is 10.0. The highest BCUT2D eigenvalue weighted by atomic mass is 16.5. The third-order valence-electron chi connectivity index (χ3n) is 3.10. The number of amides is 1. The van der Waals surface area contributed by atoms with Gasteiger partial charge in [0.05, 0.1) is 19.0 Å². The molecule has 8 nitrogen and oxygen atoms in total. The van der Waals surface area contributed by atoms with Gasteiger partial charge in [0.2, 0.25) is 0 Å².